The number of hydrogen-bond acceptors (Lipinski definition) is 4. The summed E-state index contributed by atoms with van der Waals surface area (Å²) in [7, 11) is 0. The van der Waals surface area contributed by atoms with Crippen LogP contribution in [0.5, 0.6) is 0 Å². The number of nitrogen functional groups attached to an aromatic ring is 1. The summed E-state index contributed by atoms with van der Waals surface area (Å²) in [6.07, 6.45) is 5.21. The molecule has 2 aliphatic rings. The maximum absolute atomic E-state index is 13.6. The molecule has 0 radical (unpaired) electrons. The van der Waals surface area contributed by atoms with Gasteiger partial charge in [-0.05, 0) is 36.4 Å². The Morgan fingerprint density at radius 3 is 2.74 bits per heavy atom. The van der Waals surface area contributed by atoms with Crippen molar-refractivity contribution < 1.29 is 4.39 Å². The molecule has 0 atom stereocenters. The highest BCUT2D eigenvalue weighted by molar-refractivity contribution is 5.80. The Hall–Kier alpha value is -3.28. The van der Waals surface area contributed by atoms with Crippen LogP contribution >= 0.6 is 0 Å². The minimum atomic E-state index is -0.292. The number of aromatic nitrogens is 4. The lowest BCUT2D eigenvalue weighted by Crippen LogP contribution is -2.02. The predicted octanol–water partition coefficient (Wildman–Crippen LogP) is 3.16. The highest BCUT2D eigenvalue weighted by Crippen LogP contribution is 2.34. The first-order chi connectivity index (χ1) is 11.2. The summed E-state index contributed by atoms with van der Waals surface area (Å²) in [4.78, 5) is 12.6. The fraction of sp³-hybridized carbons (Fsp3) is 0. The summed E-state index contributed by atoms with van der Waals surface area (Å²) in [6.45, 7) is 0. The maximum atomic E-state index is 13.6. The average Bonchev–Trinajstić information content (AvgIpc) is 2.99. The Balaban J connectivity index is 1.98. The fourth-order valence-electron chi connectivity index (χ4n) is 2.62. The quantitative estimate of drug-likeness (QED) is 0.617. The lowest BCUT2D eigenvalue weighted by Gasteiger charge is -2.14. The van der Waals surface area contributed by atoms with Crippen LogP contribution in [-0.2, 0) is 0 Å². The molecule has 1 aromatic heterocycles. The number of rotatable bonds is 2. The van der Waals surface area contributed by atoms with Crippen molar-refractivity contribution in [3.63, 3.8) is 0 Å². The van der Waals surface area contributed by atoms with Crippen molar-refractivity contribution in [3.05, 3.63) is 66.9 Å². The third-order valence-corrected chi connectivity index (χ3v) is 3.60. The van der Waals surface area contributed by atoms with Crippen molar-refractivity contribution in [1.29, 1.82) is 0 Å². The van der Waals surface area contributed by atoms with E-state index < -0.39 is 0 Å². The van der Waals surface area contributed by atoms with Crippen LogP contribution in [0, 0.1) is 5.82 Å². The number of pyridine rings is 1. The van der Waals surface area contributed by atoms with Gasteiger partial charge in [-0.2, -0.15) is 0 Å². The first-order valence-corrected chi connectivity index (χ1v) is 7.03. The SMILES string of the molecule is Nc1nccc(-c2cnc3cccn(-c4cccc(F)c4)c2-3)n1. The first kappa shape index (κ1) is 13.4. The first-order valence-electron chi connectivity index (χ1n) is 7.03. The average molecular weight is 305 g/mol. The zero-order valence-electron chi connectivity index (χ0n) is 12.0. The summed E-state index contributed by atoms with van der Waals surface area (Å²) in [5, 5.41) is 0. The fourth-order valence-corrected chi connectivity index (χ4v) is 2.62. The summed E-state index contributed by atoms with van der Waals surface area (Å²) >= 11 is 0. The van der Waals surface area contributed by atoms with Crippen LogP contribution in [-0.4, -0.2) is 19.5 Å². The van der Waals surface area contributed by atoms with Gasteiger partial charge < -0.3 is 10.3 Å². The van der Waals surface area contributed by atoms with Gasteiger partial charge in [0.1, 0.15) is 5.82 Å². The van der Waals surface area contributed by atoms with Gasteiger partial charge in [0.2, 0.25) is 5.95 Å². The van der Waals surface area contributed by atoms with Crippen molar-refractivity contribution in [1.82, 2.24) is 19.5 Å². The van der Waals surface area contributed by atoms with Gasteiger partial charge >= 0.3 is 0 Å². The van der Waals surface area contributed by atoms with E-state index in [2.05, 4.69) is 15.0 Å². The van der Waals surface area contributed by atoms with Crippen LogP contribution in [0.4, 0.5) is 10.3 Å². The van der Waals surface area contributed by atoms with Crippen LogP contribution in [0.3, 0.4) is 0 Å². The smallest absolute Gasteiger partial charge is 0.220 e. The molecule has 2 aliphatic heterocycles. The van der Waals surface area contributed by atoms with E-state index in [1.165, 1.54) is 12.1 Å². The van der Waals surface area contributed by atoms with Crippen molar-refractivity contribution >= 4 is 5.95 Å². The standard InChI is InChI=1S/C17H12FN5/c18-11-3-1-4-12(9-11)23-8-2-5-15-16(23)13(10-21-15)14-6-7-20-17(19)22-14/h1-10H,(H2,19,20,22). The van der Waals surface area contributed by atoms with E-state index in [9.17, 15) is 4.39 Å². The molecule has 6 heteroatoms. The monoisotopic (exact) mass is 305 g/mol. The lowest BCUT2D eigenvalue weighted by atomic mass is 10.1. The number of anilines is 1. The molecule has 0 fully saturated rings. The molecular weight excluding hydrogens is 293 g/mol. The number of nitrogens with zero attached hydrogens (tertiary/aromatic N) is 4. The molecule has 0 saturated heterocycles. The molecule has 2 aromatic rings. The molecule has 0 aliphatic carbocycles. The van der Waals surface area contributed by atoms with Crippen molar-refractivity contribution in [3.8, 4) is 28.3 Å². The molecular formula is C17H12FN5. The van der Waals surface area contributed by atoms with Crippen LogP contribution in [0.15, 0.2) is 61.1 Å². The Kier molecular flexibility index (Phi) is 3.01. The Morgan fingerprint density at radius 2 is 1.91 bits per heavy atom. The van der Waals surface area contributed by atoms with Crippen LogP contribution < -0.4 is 5.73 Å². The molecule has 23 heavy (non-hydrogen) atoms. The van der Waals surface area contributed by atoms with Crippen molar-refractivity contribution in [2.45, 2.75) is 0 Å². The molecule has 0 amide bonds. The molecule has 1 aromatic carbocycles. The van der Waals surface area contributed by atoms with E-state index >= 15 is 0 Å². The molecule has 3 heterocycles. The third kappa shape index (κ3) is 2.30. The molecule has 4 rings (SSSR count). The molecule has 0 saturated carbocycles. The maximum Gasteiger partial charge on any atom is 0.220 e. The summed E-state index contributed by atoms with van der Waals surface area (Å²) in [5.41, 5.74) is 9.53. The molecule has 112 valence electrons. The van der Waals surface area contributed by atoms with Gasteiger partial charge in [0.05, 0.1) is 17.1 Å². The number of benzene rings is 1. The van der Waals surface area contributed by atoms with E-state index in [4.69, 9.17) is 5.73 Å². The number of fused-ring (bicyclic) bond motifs is 1. The van der Waals surface area contributed by atoms with Gasteiger partial charge in [-0.1, -0.05) is 6.07 Å². The lowest BCUT2D eigenvalue weighted by molar-refractivity contribution is 0.626. The van der Waals surface area contributed by atoms with Gasteiger partial charge in [-0.25, -0.2) is 14.4 Å². The molecule has 0 unspecified atom stereocenters. The van der Waals surface area contributed by atoms with Gasteiger partial charge in [0, 0.05) is 29.8 Å². The normalized spacial score (nSPS) is 11.0. The van der Waals surface area contributed by atoms with Gasteiger partial charge in [-0.15, -0.1) is 0 Å². The second-order valence-electron chi connectivity index (χ2n) is 5.06. The molecule has 5 nitrogen and oxygen atoms in total. The van der Waals surface area contributed by atoms with Crippen LogP contribution in [0.25, 0.3) is 28.3 Å². The molecule has 2 N–H and O–H groups in total. The number of halogens is 1. The van der Waals surface area contributed by atoms with Gasteiger partial charge in [0.15, 0.2) is 0 Å². The second kappa shape index (κ2) is 5.17. The Morgan fingerprint density at radius 1 is 1.00 bits per heavy atom. The zero-order chi connectivity index (χ0) is 15.8. The highest BCUT2D eigenvalue weighted by atomic mass is 19.1. The second-order valence-corrected chi connectivity index (χ2v) is 5.06. The predicted molar refractivity (Wildman–Crippen MR) is 85.6 cm³/mol. The van der Waals surface area contributed by atoms with E-state index in [1.807, 2.05) is 29.0 Å². The number of hydrogen-bond donors (Lipinski definition) is 1. The Bertz CT molecular complexity index is 963. The summed E-state index contributed by atoms with van der Waals surface area (Å²) in [6, 6.07) is 12.0. The van der Waals surface area contributed by atoms with E-state index in [0.29, 0.717) is 11.4 Å². The number of nitrogens with two attached hydrogens (primary N) is 1. The minimum Gasteiger partial charge on any atom is -0.368 e. The highest BCUT2D eigenvalue weighted by Gasteiger charge is 2.18. The van der Waals surface area contributed by atoms with Crippen molar-refractivity contribution in [2.75, 3.05) is 5.73 Å². The molecule has 0 spiro atoms. The largest absolute Gasteiger partial charge is 0.368 e. The topological polar surface area (TPSA) is 69.6 Å². The minimum absolute atomic E-state index is 0.199. The summed E-state index contributed by atoms with van der Waals surface area (Å²) < 4.78 is 15.5. The van der Waals surface area contributed by atoms with E-state index in [-0.39, 0.29) is 11.8 Å². The third-order valence-electron chi connectivity index (χ3n) is 3.60. The van der Waals surface area contributed by atoms with E-state index in [0.717, 1.165) is 17.0 Å². The van der Waals surface area contributed by atoms with Crippen LogP contribution in [0.1, 0.15) is 0 Å². The van der Waals surface area contributed by atoms with Gasteiger partial charge in [0.25, 0.3) is 0 Å². The zero-order valence-corrected chi connectivity index (χ0v) is 12.0. The molecule has 0 bridgehead atoms. The van der Waals surface area contributed by atoms with Gasteiger partial charge in [-0.3, -0.25) is 4.98 Å². The van der Waals surface area contributed by atoms with E-state index in [1.54, 1.807) is 24.5 Å². The van der Waals surface area contributed by atoms with Crippen LogP contribution in [0.2, 0.25) is 0 Å². The summed E-state index contributed by atoms with van der Waals surface area (Å²) in [5.74, 6) is -0.0931. The van der Waals surface area contributed by atoms with Crippen molar-refractivity contribution in [2.24, 2.45) is 0 Å². The Labute approximate surface area is 131 Å².